The number of hydrogen-bond acceptors (Lipinski definition) is 3. The summed E-state index contributed by atoms with van der Waals surface area (Å²) in [6.45, 7) is -0.412. The molecule has 1 aromatic carbocycles. The van der Waals surface area contributed by atoms with Crippen molar-refractivity contribution in [2.24, 2.45) is 5.73 Å². The van der Waals surface area contributed by atoms with Crippen molar-refractivity contribution in [3.8, 4) is 0 Å². The minimum atomic E-state index is -0.944. The quantitative estimate of drug-likeness (QED) is 0.747. The number of amides is 1. The highest BCUT2D eigenvalue weighted by Gasteiger charge is 2.17. The van der Waals surface area contributed by atoms with E-state index in [1.807, 2.05) is 0 Å². The molecule has 0 heterocycles. The number of carbonyl (C=O) groups excluding carboxylic acids is 1. The number of nitrogens with two attached hydrogens (primary N) is 1. The molecule has 0 radical (unpaired) electrons. The highest BCUT2D eigenvalue weighted by molar-refractivity contribution is 5.96. The van der Waals surface area contributed by atoms with Gasteiger partial charge in [-0.2, -0.15) is 0 Å². The van der Waals surface area contributed by atoms with Crippen molar-refractivity contribution in [1.29, 1.82) is 0 Å². The van der Waals surface area contributed by atoms with E-state index in [0.29, 0.717) is 5.69 Å². The molecule has 0 aromatic heterocycles. The molecule has 82 valence electrons. The summed E-state index contributed by atoms with van der Waals surface area (Å²) in [4.78, 5) is 12.8. The van der Waals surface area contributed by atoms with Gasteiger partial charge in [0, 0.05) is 12.7 Å². The zero-order valence-corrected chi connectivity index (χ0v) is 8.35. The van der Waals surface area contributed by atoms with E-state index in [0.717, 1.165) is 0 Å². The normalized spacial score (nSPS) is 12.3. The molecule has 5 heteroatoms. The van der Waals surface area contributed by atoms with Gasteiger partial charge in [-0.05, 0) is 24.3 Å². The second-order valence-electron chi connectivity index (χ2n) is 3.16. The molecule has 1 aromatic rings. The van der Waals surface area contributed by atoms with Crippen LogP contribution in [0.25, 0.3) is 0 Å². The van der Waals surface area contributed by atoms with E-state index in [4.69, 9.17) is 10.8 Å². The van der Waals surface area contributed by atoms with Gasteiger partial charge in [0.25, 0.3) is 0 Å². The number of aliphatic hydroxyl groups is 1. The van der Waals surface area contributed by atoms with Gasteiger partial charge in [0.2, 0.25) is 5.91 Å². The van der Waals surface area contributed by atoms with Crippen LogP contribution < -0.4 is 10.6 Å². The van der Waals surface area contributed by atoms with Gasteiger partial charge >= 0.3 is 0 Å². The second-order valence-corrected chi connectivity index (χ2v) is 3.16. The SMILES string of the molecule is CN(C(=O)[C@@H](N)CO)c1ccc(F)cc1. The predicted octanol–water partition coefficient (Wildman–Crippen LogP) is 0.108. The molecule has 4 nitrogen and oxygen atoms in total. The third kappa shape index (κ3) is 2.74. The van der Waals surface area contributed by atoms with Crippen molar-refractivity contribution in [3.05, 3.63) is 30.1 Å². The van der Waals surface area contributed by atoms with Crippen LogP contribution in [-0.2, 0) is 4.79 Å². The van der Waals surface area contributed by atoms with Gasteiger partial charge in [-0.25, -0.2) is 4.39 Å². The number of likely N-dealkylation sites (N-methyl/N-ethyl adjacent to an activating group) is 1. The molecular formula is C10H13FN2O2. The van der Waals surface area contributed by atoms with E-state index in [1.165, 1.54) is 36.2 Å². The third-order valence-electron chi connectivity index (χ3n) is 2.06. The molecule has 0 bridgehead atoms. The fraction of sp³-hybridized carbons (Fsp3) is 0.300. The lowest BCUT2D eigenvalue weighted by Crippen LogP contribution is -2.44. The molecule has 0 aliphatic carbocycles. The van der Waals surface area contributed by atoms with E-state index in [1.54, 1.807) is 0 Å². The largest absolute Gasteiger partial charge is 0.394 e. The van der Waals surface area contributed by atoms with Crippen molar-refractivity contribution in [3.63, 3.8) is 0 Å². The zero-order valence-electron chi connectivity index (χ0n) is 8.35. The van der Waals surface area contributed by atoms with Crippen LogP contribution in [0.15, 0.2) is 24.3 Å². The molecular weight excluding hydrogens is 199 g/mol. The molecule has 0 fully saturated rings. The van der Waals surface area contributed by atoms with Gasteiger partial charge in [0.05, 0.1) is 6.61 Å². The Labute approximate surface area is 87.1 Å². The number of hydrogen-bond donors (Lipinski definition) is 2. The van der Waals surface area contributed by atoms with Crippen molar-refractivity contribution < 1.29 is 14.3 Å². The maximum atomic E-state index is 12.6. The Hall–Kier alpha value is -1.46. The average molecular weight is 212 g/mol. The van der Waals surface area contributed by atoms with E-state index >= 15 is 0 Å². The van der Waals surface area contributed by atoms with Crippen molar-refractivity contribution in [1.82, 2.24) is 0 Å². The van der Waals surface area contributed by atoms with E-state index in [9.17, 15) is 9.18 Å². The summed E-state index contributed by atoms with van der Waals surface area (Å²) in [5.74, 6) is -0.782. The first-order chi connectivity index (χ1) is 7.06. The maximum Gasteiger partial charge on any atom is 0.246 e. The summed E-state index contributed by atoms with van der Waals surface area (Å²) < 4.78 is 12.6. The third-order valence-corrected chi connectivity index (χ3v) is 2.06. The van der Waals surface area contributed by atoms with Gasteiger partial charge < -0.3 is 15.7 Å². The van der Waals surface area contributed by atoms with Gasteiger partial charge in [-0.1, -0.05) is 0 Å². The summed E-state index contributed by atoms with van der Waals surface area (Å²) in [5, 5.41) is 8.71. The lowest BCUT2D eigenvalue weighted by Gasteiger charge is -2.20. The Morgan fingerprint density at radius 3 is 2.53 bits per heavy atom. The molecule has 15 heavy (non-hydrogen) atoms. The Balaban J connectivity index is 2.80. The van der Waals surface area contributed by atoms with E-state index < -0.39 is 18.6 Å². The zero-order chi connectivity index (χ0) is 11.4. The monoisotopic (exact) mass is 212 g/mol. The number of benzene rings is 1. The average Bonchev–Trinajstić information content (AvgIpc) is 2.27. The predicted molar refractivity (Wildman–Crippen MR) is 54.9 cm³/mol. The number of aliphatic hydroxyl groups excluding tert-OH is 1. The molecule has 0 aliphatic heterocycles. The molecule has 0 saturated carbocycles. The molecule has 1 rings (SSSR count). The van der Waals surface area contributed by atoms with Crippen LogP contribution >= 0.6 is 0 Å². The number of rotatable bonds is 3. The Morgan fingerprint density at radius 1 is 1.53 bits per heavy atom. The van der Waals surface area contributed by atoms with Gasteiger partial charge in [0.15, 0.2) is 0 Å². The lowest BCUT2D eigenvalue weighted by molar-refractivity contribution is -0.120. The van der Waals surface area contributed by atoms with Crippen molar-refractivity contribution in [2.45, 2.75) is 6.04 Å². The van der Waals surface area contributed by atoms with Gasteiger partial charge in [-0.15, -0.1) is 0 Å². The summed E-state index contributed by atoms with van der Waals surface area (Å²) >= 11 is 0. The molecule has 0 unspecified atom stereocenters. The van der Waals surface area contributed by atoms with E-state index in [-0.39, 0.29) is 5.82 Å². The van der Waals surface area contributed by atoms with Crippen LogP contribution in [-0.4, -0.2) is 30.7 Å². The van der Waals surface area contributed by atoms with Crippen LogP contribution in [0.1, 0.15) is 0 Å². The van der Waals surface area contributed by atoms with Crippen LogP contribution in [0.3, 0.4) is 0 Å². The van der Waals surface area contributed by atoms with Crippen LogP contribution in [0.2, 0.25) is 0 Å². The molecule has 1 atom stereocenters. The van der Waals surface area contributed by atoms with Crippen LogP contribution in [0.4, 0.5) is 10.1 Å². The Kier molecular flexibility index (Phi) is 3.76. The lowest BCUT2D eigenvalue weighted by atomic mass is 10.2. The molecule has 0 spiro atoms. The number of carbonyl (C=O) groups is 1. The fourth-order valence-electron chi connectivity index (χ4n) is 1.12. The Morgan fingerprint density at radius 2 is 2.07 bits per heavy atom. The molecule has 0 aliphatic rings. The van der Waals surface area contributed by atoms with Gasteiger partial charge in [-0.3, -0.25) is 4.79 Å². The summed E-state index contributed by atoms with van der Waals surface area (Å²) in [7, 11) is 1.52. The van der Waals surface area contributed by atoms with Crippen LogP contribution in [0.5, 0.6) is 0 Å². The highest BCUT2D eigenvalue weighted by atomic mass is 19.1. The first-order valence-corrected chi connectivity index (χ1v) is 4.46. The molecule has 3 N–H and O–H groups in total. The van der Waals surface area contributed by atoms with Crippen molar-refractivity contribution in [2.75, 3.05) is 18.6 Å². The first kappa shape index (κ1) is 11.6. The Bertz CT molecular complexity index is 340. The number of anilines is 1. The standard InChI is InChI=1S/C10H13FN2O2/c1-13(10(15)9(12)6-14)8-4-2-7(11)3-5-8/h2-5,9,14H,6,12H2,1H3/t9-/m0/s1. The highest BCUT2D eigenvalue weighted by Crippen LogP contribution is 2.13. The first-order valence-electron chi connectivity index (χ1n) is 4.46. The van der Waals surface area contributed by atoms with E-state index in [2.05, 4.69) is 0 Å². The second kappa shape index (κ2) is 4.86. The number of halogens is 1. The van der Waals surface area contributed by atoms with Crippen LogP contribution in [0, 0.1) is 5.82 Å². The smallest absolute Gasteiger partial charge is 0.246 e. The maximum absolute atomic E-state index is 12.6. The van der Waals surface area contributed by atoms with Crippen molar-refractivity contribution >= 4 is 11.6 Å². The minimum Gasteiger partial charge on any atom is -0.394 e. The fourth-order valence-corrected chi connectivity index (χ4v) is 1.12. The molecule has 1 amide bonds. The topological polar surface area (TPSA) is 66.6 Å². The number of nitrogens with zero attached hydrogens (tertiary/aromatic N) is 1. The molecule has 0 saturated heterocycles. The van der Waals surface area contributed by atoms with Gasteiger partial charge in [0.1, 0.15) is 11.9 Å². The summed E-state index contributed by atoms with van der Waals surface area (Å²) in [6.07, 6.45) is 0. The minimum absolute atomic E-state index is 0.369. The summed E-state index contributed by atoms with van der Waals surface area (Å²) in [5.41, 5.74) is 5.90. The summed E-state index contributed by atoms with van der Waals surface area (Å²) in [6, 6.07) is 4.50.